The lowest BCUT2D eigenvalue weighted by Gasteiger charge is -2.29. The number of carboxylic acids is 1. The van der Waals surface area contributed by atoms with Crippen LogP contribution in [0.2, 0.25) is 0 Å². The van der Waals surface area contributed by atoms with E-state index in [0.29, 0.717) is 6.42 Å². The zero-order chi connectivity index (χ0) is 13.7. The number of hydrogen-bond acceptors (Lipinski definition) is 3. The van der Waals surface area contributed by atoms with Crippen LogP contribution in [0.4, 0.5) is 0 Å². The molecule has 0 spiro atoms. The summed E-state index contributed by atoms with van der Waals surface area (Å²) in [7, 11) is 1.70. The average Bonchev–Trinajstić information content (AvgIpc) is 2.80. The van der Waals surface area contributed by atoms with Gasteiger partial charge in [0.1, 0.15) is 6.04 Å². The molecule has 104 valence electrons. The summed E-state index contributed by atoms with van der Waals surface area (Å²) in [6.07, 6.45) is 4.91. The Morgan fingerprint density at radius 3 is 2.39 bits per heavy atom. The molecule has 0 saturated heterocycles. The molecule has 2 unspecified atom stereocenters. The van der Waals surface area contributed by atoms with E-state index >= 15 is 0 Å². The van der Waals surface area contributed by atoms with E-state index in [2.05, 4.69) is 5.32 Å². The van der Waals surface area contributed by atoms with Gasteiger partial charge in [0.05, 0.1) is 6.04 Å². The average molecular weight is 256 g/mol. The van der Waals surface area contributed by atoms with E-state index < -0.39 is 18.1 Å². The molecular weight excluding hydrogens is 232 g/mol. The fraction of sp³-hybridized carbons (Fsp3) is 0.846. The minimum atomic E-state index is -0.875. The van der Waals surface area contributed by atoms with Crippen molar-refractivity contribution >= 4 is 11.9 Å². The van der Waals surface area contributed by atoms with Crippen LogP contribution < -0.4 is 5.32 Å². The van der Waals surface area contributed by atoms with E-state index in [4.69, 9.17) is 5.11 Å². The predicted octanol–water partition coefficient (Wildman–Crippen LogP) is 1.23. The fourth-order valence-corrected chi connectivity index (χ4v) is 2.48. The number of aliphatic carboxylic acids is 1. The maximum absolute atomic E-state index is 12.0. The van der Waals surface area contributed by atoms with Crippen molar-refractivity contribution in [3.63, 3.8) is 0 Å². The van der Waals surface area contributed by atoms with Crippen molar-refractivity contribution in [3.05, 3.63) is 0 Å². The highest BCUT2D eigenvalue weighted by molar-refractivity contribution is 5.83. The van der Waals surface area contributed by atoms with Crippen molar-refractivity contribution in [1.29, 1.82) is 0 Å². The summed E-state index contributed by atoms with van der Waals surface area (Å²) in [5.74, 6) is -0.940. The first-order chi connectivity index (χ1) is 8.47. The number of carbonyl (C=O) groups is 2. The largest absolute Gasteiger partial charge is 0.480 e. The second-order valence-electron chi connectivity index (χ2n) is 5.09. The first-order valence-corrected chi connectivity index (χ1v) is 6.72. The summed E-state index contributed by atoms with van der Waals surface area (Å²) >= 11 is 0. The Kier molecular flexibility index (Phi) is 5.59. The molecule has 0 aromatic carbocycles. The van der Waals surface area contributed by atoms with Crippen molar-refractivity contribution in [2.24, 2.45) is 0 Å². The zero-order valence-corrected chi connectivity index (χ0v) is 11.5. The highest BCUT2D eigenvalue weighted by Gasteiger charge is 2.29. The second kappa shape index (κ2) is 6.73. The molecule has 0 bridgehead atoms. The number of nitrogens with zero attached hydrogens (tertiary/aromatic N) is 1. The molecule has 0 radical (unpaired) electrons. The van der Waals surface area contributed by atoms with Gasteiger partial charge >= 0.3 is 5.97 Å². The van der Waals surface area contributed by atoms with Crippen LogP contribution in [0.5, 0.6) is 0 Å². The maximum atomic E-state index is 12.0. The van der Waals surface area contributed by atoms with Gasteiger partial charge < -0.3 is 10.4 Å². The molecular formula is C13H24N2O3. The van der Waals surface area contributed by atoms with Crippen molar-refractivity contribution < 1.29 is 14.7 Å². The summed E-state index contributed by atoms with van der Waals surface area (Å²) in [4.78, 5) is 24.7. The first kappa shape index (κ1) is 15.0. The lowest BCUT2D eigenvalue weighted by molar-refractivity contribution is -0.144. The summed E-state index contributed by atoms with van der Waals surface area (Å²) < 4.78 is 0. The summed E-state index contributed by atoms with van der Waals surface area (Å²) in [5.41, 5.74) is 0. The van der Waals surface area contributed by atoms with Gasteiger partial charge in [-0.3, -0.25) is 14.5 Å². The standard InChI is InChI=1S/C13H24N2O3/c1-4-11(13(17)18)15(3)9(2)12(16)14-10-7-5-6-8-10/h9-11H,4-8H2,1-3H3,(H,14,16)(H,17,18). The minimum Gasteiger partial charge on any atom is -0.480 e. The Balaban J connectivity index is 2.53. The third-order valence-electron chi connectivity index (χ3n) is 3.86. The topological polar surface area (TPSA) is 69.6 Å². The van der Waals surface area contributed by atoms with Crippen LogP contribution in [-0.4, -0.2) is 47.1 Å². The van der Waals surface area contributed by atoms with Crippen molar-refractivity contribution in [1.82, 2.24) is 10.2 Å². The smallest absolute Gasteiger partial charge is 0.320 e. The van der Waals surface area contributed by atoms with Gasteiger partial charge in [-0.1, -0.05) is 19.8 Å². The minimum absolute atomic E-state index is 0.0656. The van der Waals surface area contributed by atoms with Crippen LogP contribution in [0, 0.1) is 0 Å². The predicted molar refractivity (Wildman–Crippen MR) is 69.3 cm³/mol. The van der Waals surface area contributed by atoms with Crippen LogP contribution in [-0.2, 0) is 9.59 Å². The Labute approximate surface area is 109 Å². The molecule has 0 aliphatic heterocycles. The normalized spacial score (nSPS) is 19.8. The van der Waals surface area contributed by atoms with Gasteiger partial charge in [0, 0.05) is 6.04 Å². The molecule has 1 fully saturated rings. The van der Waals surface area contributed by atoms with E-state index in [1.54, 1.807) is 18.9 Å². The van der Waals surface area contributed by atoms with Crippen LogP contribution in [0.25, 0.3) is 0 Å². The zero-order valence-electron chi connectivity index (χ0n) is 11.5. The highest BCUT2D eigenvalue weighted by Crippen LogP contribution is 2.18. The van der Waals surface area contributed by atoms with Crippen molar-refractivity contribution in [2.45, 2.75) is 64.1 Å². The van der Waals surface area contributed by atoms with Gasteiger partial charge in [0.2, 0.25) is 5.91 Å². The van der Waals surface area contributed by atoms with Crippen molar-refractivity contribution in [2.75, 3.05) is 7.05 Å². The lowest BCUT2D eigenvalue weighted by atomic mass is 10.1. The lowest BCUT2D eigenvalue weighted by Crippen LogP contribution is -2.51. The monoisotopic (exact) mass is 256 g/mol. The van der Waals surface area contributed by atoms with Gasteiger partial charge in [-0.05, 0) is 33.2 Å². The molecule has 1 saturated carbocycles. The summed E-state index contributed by atoms with van der Waals surface area (Å²) in [5, 5.41) is 12.1. The van der Waals surface area contributed by atoms with Gasteiger partial charge in [0.15, 0.2) is 0 Å². The van der Waals surface area contributed by atoms with Gasteiger partial charge in [-0.15, -0.1) is 0 Å². The maximum Gasteiger partial charge on any atom is 0.320 e. The number of rotatable bonds is 6. The SMILES string of the molecule is CCC(C(=O)O)N(C)C(C)C(=O)NC1CCCC1. The molecule has 0 aromatic rings. The third-order valence-corrected chi connectivity index (χ3v) is 3.86. The van der Waals surface area contributed by atoms with Crippen LogP contribution in [0.3, 0.4) is 0 Å². The van der Waals surface area contributed by atoms with E-state index in [9.17, 15) is 9.59 Å². The van der Waals surface area contributed by atoms with Crippen LogP contribution in [0.15, 0.2) is 0 Å². The molecule has 5 heteroatoms. The first-order valence-electron chi connectivity index (χ1n) is 6.72. The second-order valence-corrected chi connectivity index (χ2v) is 5.09. The highest BCUT2D eigenvalue weighted by atomic mass is 16.4. The molecule has 1 rings (SSSR count). The van der Waals surface area contributed by atoms with Gasteiger partial charge in [-0.25, -0.2) is 0 Å². The Hall–Kier alpha value is -1.10. The molecule has 0 heterocycles. The molecule has 1 aliphatic carbocycles. The third kappa shape index (κ3) is 3.70. The van der Waals surface area contributed by atoms with E-state index in [0.717, 1.165) is 12.8 Å². The van der Waals surface area contributed by atoms with E-state index in [1.807, 2.05) is 6.92 Å². The molecule has 1 aliphatic rings. The number of likely N-dealkylation sites (N-methyl/N-ethyl adjacent to an activating group) is 1. The molecule has 1 amide bonds. The van der Waals surface area contributed by atoms with E-state index in [-0.39, 0.29) is 11.9 Å². The number of hydrogen-bond donors (Lipinski definition) is 2. The molecule has 2 N–H and O–H groups in total. The fourth-order valence-electron chi connectivity index (χ4n) is 2.48. The Morgan fingerprint density at radius 2 is 1.94 bits per heavy atom. The van der Waals surface area contributed by atoms with Gasteiger partial charge in [0.25, 0.3) is 0 Å². The Morgan fingerprint density at radius 1 is 1.39 bits per heavy atom. The van der Waals surface area contributed by atoms with Gasteiger partial charge in [-0.2, -0.15) is 0 Å². The number of nitrogens with one attached hydrogen (secondary N) is 1. The molecule has 0 aromatic heterocycles. The summed E-state index contributed by atoms with van der Waals surface area (Å²) in [6, 6.07) is -0.737. The quantitative estimate of drug-likeness (QED) is 0.750. The van der Waals surface area contributed by atoms with Crippen LogP contribution in [0.1, 0.15) is 46.0 Å². The van der Waals surface area contributed by atoms with E-state index in [1.165, 1.54) is 12.8 Å². The Bertz CT molecular complexity index is 301. The summed E-state index contributed by atoms with van der Waals surface area (Å²) in [6.45, 7) is 3.58. The molecule has 5 nitrogen and oxygen atoms in total. The number of amides is 1. The molecule has 18 heavy (non-hydrogen) atoms. The van der Waals surface area contributed by atoms with Crippen molar-refractivity contribution in [3.8, 4) is 0 Å². The number of carbonyl (C=O) groups excluding carboxylic acids is 1. The number of carboxylic acid groups (broad SMARTS) is 1. The van der Waals surface area contributed by atoms with Crippen LogP contribution >= 0.6 is 0 Å². The molecule has 2 atom stereocenters.